The quantitative estimate of drug-likeness (QED) is 0.765. The molecule has 1 saturated heterocycles. The minimum Gasteiger partial charge on any atom is -0.443 e. The Labute approximate surface area is 178 Å². The third-order valence-electron chi connectivity index (χ3n) is 5.79. The fourth-order valence-corrected chi connectivity index (χ4v) is 4.24. The lowest BCUT2D eigenvalue weighted by Crippen LogP contribution is -2.51. The number of benzene rings is 1. The van der Waals surface area contributed by atoms with E-state index in [4.69, 9.17) is 4.74 Å². The molecule has 6 heteroatoms. The van der Waals surface area contributed by atoms with Crippen molar-refractivity contribution in [2.45, 2.75) is 71.2 Å². The molecule has 1 amide bonds. The van der Waals surface area contributed by atoms with E-state index in [2.05, 4.69) is 0 Å². The summed E-state index contributed by atoms with van der Waals surface area (Å²) in [5.41, 5.74) is 1.28. The Bertz CT molecular complexity index is 958. The summed E-state index contributed by atoms with van der Waals surface area (Å²) in [7, 11) is 0. The van der Waals surface area contributed by atoms with E-state index in [1.54, 1.807) is 29.4 Å². The molecule has 2 atom stereocenters. The van der Waals surface area contributed by atoms with Crippen LogP contribution < -0.4 is 5.56 Å². The molecule has 162 valence electrons. The maximum Gasteiger partial charge on any atom is 0.410 e. The third kappa shape index (κ3) is 4.93. The number of carbonyl (C=O) groups is 1. The van der Waals surface area contributed by atoms with Crippen molar-refractivity contribution in [3.8, 4) is 11.1 Å². The molecule has 0 radical (unpaired) electrons. The van der Waals surface area contributed by atoms with Crippen molar-refractivity contribution in [3.05, 3.63) is 58.5 Å². The number of aryl methyl sites for hydroxylation is 1. The number of carbonyl (C=O) groups excluding carboxylic acids is 1. The predicted molar refractivity (Wildman–Crippen MR) is 117 cm³/mol. The Morgan fingerprint density at radius 2 is 1.83 bits per heavy atom. The zero-order valence-corrected chi connectivity index (χ0v) is 18.5. The van der Waals surface area contributed by atoms with Crippen molar-refractivity contribution >= 4 is 6.09 Å². The van der Waals surface area contributed by atoms with Crippen LogP contribution in [0.1, 0.15) is 59.1 Å². The zero-order valence-electron chi connectivity index (χ0n) is 18.5. The summed E-state index contributed by atoms with van der Waals surface area (Å²) < 4.78 is 7.38. The van der Waals surface area contributed by atoms with Gasteiger partial charge in [-0.05, 0) is 57.4 Å². The maximum atomic E-state index is 12.7. The highest BCUT2D eigenvalue weighted by Crippen LogP contribution is 2.35. The second kappa shape index (κ2) is 8.26. The van der Waals surface area contributed by atoms with Crippen molar-refractivity contribution in [1.29, 1.82) is 0 Å². The number of amides is 1. The van der Waals surface area contributed by atoms with E-state index in [0.717, 1.165) is 16.7 Å². The Morgan fingerprint density at radius 1 is 1.17 bits per heavy atom. The highest BCUT2D eigenvalue weighted by atomic mass is 16.6. The van der Waals surface area contributed by atoms with Crippen molar-refractivity contribution in [2.75, 3.05) is 6.54 Å². The summed E-state index contributed by atoms with van der Waals surface area (Å²) in [4.78, 5) is 26.5. The van der Waals surface area contributed by atoms with Gasteiger partial charge in [0.1, 0.15) is 5.60 Å². The van der Waals surface area contributed by atoms with Crippen LogP contribution in [0.4, 0.5) is 4.79 Å². The van der Waals surface area contributed by atoms with Crippen LogP contribution >= 0.6 is 0 Å². The van der Waals surface area contributed by atoms with Crippen LogP contribution in [0.15, 0.2) is 47.4 Å². The molecular weight excluding hydrogens is 380 g/mol. The molecule has 1 aromatic carbocycles. The minimum atomic E-state index is -0.892. The van der Waals surface area contributed by atoms with Gasteiger partial charge in [0.05, 0.1) is 11.6 Å². The summed E-state index contributed by atoms with van der Waals surface area (Å²) in [6.45, 7) is 10.5. The highest BCUT2D eigenvalue weighted by Gasteiger charge is 2.41. The summed E-state index contributed by atoms with van der Waals surface area (Å²) in [6, 6.07) is 11.4. The minimum absolute atomic E-state index is 0.0161. The Kier molecular flexibility index (Phi) is 6.09. The van der Waals surface area contributed by atoms with Gasteiger partial charge in [-0.25, -0.2) is 4.79 Å². The fraction of sp³-hybridized carbons (Fsp3) is 0.500. The lowest BCUT2D eigenvalue weighted by atomic mass is 9.87. The first-order valence-electron chi connectivity index (χ1n) is 10.5. The molecule has 3 rings (SSSR count). The average Bonchev–Trinajstić information content (AvgIpc) is 2.66. The Hall–Kier alpha value is -2.60. The first kappa shape index (κ1) is 22.1. The van der Waals surface area contributed by atoms with E-state index in [-0.39, 0.29) is 17.7 Å². The van der Waals surface area contributed by atoms with E-state index >= 15 is 0 Å². The number of aliphatic hydroxyl groups is 1. The number of aromatic nitrogens is 1. The smallest absolute Gasteiger partial charge is 0.410 e. The zero-order chi connectivity index (χ0) is 22.1. The number of hydrogen-bond acceptors (Lipinski definition) is 4. The highest BCUT2D eigenvalue weighted by molar-refractivity contribution is 5.70. The van der Waals surface area contributed by atoms with Gasteiger partial charge in [-0.15, -0.1) is 0 Å². The van der Waals surface area contributed by atoms with Crippen LogP contribution in [-0.2, 0) is 11.3 Å². The standard InChI is InChI=1S/C24H32N2O4/c1-6-25-13-11-20(15-21(25)27)19-9-7-18(8-10-19)17(2)26-14-12-24(5,30-22(26)28)16-23(3,4)29/h7-11,13,15,17,29H,6,12,14,16H2,1-5H3/t17-,24-/m0/s1. The topological polar surface area (TPSA) is 71.8 Å². The lowest BCUT2D eigenvalue weighted by Gasteiger charge is -2.43. The van der Waals surface area contributed by atoms with Gasteiger partial charge in [-0.3, -0.25) is 4.79 Å². The van der Waals surface area contributed by atoms with Crippen molar-refractivity contribution < 1.29 is 14.6 Å². The summed E-state index contributed by atoms with van der Waals surface area (Å²) in [5, 5.41) is 10.1. The molecule has 1 fully saturated rings. The van der Waals surface area contributed by atoms with Gasteiger partial charge >= 0.3 is 6.09 Å². The largest absolute Gasteiger partial charge is 0.443 e. The van der Waals surface area contributed by atoms with Crippen molar-refractivity contribution in [2.24, 2.45) is 0 Å². The predicted octanol–water partition coefficient (Wildman–Crippen LogP) is 4.36. The van der Waals surface area contributed by atoms with E-state index in [0.29, 0.717) is 25.9 Å². The van der Waals surface area contributed by atoms with Crippen molar-refractivity contribution in [3.63, 3.8) is 0 Å². The number of rotatable bonds is 6. The molecule has 0 spiro atoms. The molecule has 1 aliphatic rings. The van der Waals surface area contributed by atoms with E-state index in [9.17, 15) is 14.7 Å². The molecular formula is C24H32N2O4. The van der Waals surface area contributed by atoms with E-state index in [1.807, 2.05) is 57.3 Å². The van der Waals surface area contributed by atoms with Crippen LogP contribution in [0.2, 0.25) is 0 Å². The first-order valence-corrected chi connectivity index (χ1v) is 10.5. The van der Waals surface area contributed by atoms with Gasteiger partial charge in [-0.2, -0.15) is 0 Å². The number of pyridine rings is 1. The van der Waals surface area contributed by atoms with Crippen LogP contribution in [0.3, 0.4) is 0 Å². The molecule has 30 heavy (non-hydrogen) atoms. The molecule has 0 saturated carbocycles. The molecule has 0 unspecified atom stereocenters. The molecule has 2 heterocycles. The summed E-state index contributed by atoms with van der Waals surface area (Å²) in [6.07, 6.45) is 2.52. The van der Waals surface area contributed by atoms with Gasteiger partial charge < -0.3 is 19.3 Å². The van der Waals surface area contributed by atoms with Crippen molar-refractivity contribution in [1.82, 2.24) is 9.47 Å². The summed E-state index contributed by atoms with van der Waals surface area (Å²) >= 11 is 0. The van der Waals surface area contributed by atoms with Crippen LogP contribution in [0.25, 0.3) is 11.1 Å². The average molecular weight is 413 g/mol. The third-order valence-corrected chi connectivity index (χ3v) is 5.79. The number of cyclic esters (lactones) is 1. The Morgan fingerprint density at radius 3 is 2.37 bits per heavy atom. The van der Waals surface area contributed by atoms with Gasteiger partial charge in [0.15, 0.2) is 0 Å². The van der Waals surface area contributed by atoms with Gasteiger partial charge in [0.25, 0.3) is 5.56 Å². The second-order valence-electron chi connectivity index (χ2n) is 9.09. The molecule has 0 aliphatic carbocycles. The van der Waals surface area contributed by atoms with Crippen LogP contribution in [0.5, 0.6) is 0 Å². The Balaban J connectivity index is 1.72. The lowest BCUT2D eigenvalue weighted by molar-refractivity contribution is -0.0859. The van der Waals surface area contributed by atoms with Gasteiger partial charge in [0.2, 0.25) is 0 Å². The first-order chi connectivity index (χ1) is 14.0. The fourth-order valence-electron chi connectivity index (χ4n) is 4.24. The van der Waals surface area contributed by atoms with Gasteiger partial charge in [-0.1, -0.05) is 24.3 Å². The normalized spacial score (nSPS) is 20.7. The molecule has 0 bridgehead atoms. The molecule has 6 nitrogen and oxygen atoms in total. The van der Waals surface area contributed by atoms with E-state index in [1.165, 1.54) is 0 Å². The van der Waals surface area contributed by atoms with Gasteiger partial charge in [0, 0.05) is 38.2 Å². The SMILES string of the molecule is CCn1ccc(-c2ccc([C@H](C)N3CC[C@@](C)(CC(C)(C)O)OC3=O)cc2)cc1=O. The molecule has 1 aromatic heterocycles. The number of nitrogens with zero attached hydrogens (tertiary/aromatic N) is 2. The molecule has 1 aliphatic heterocycles. The number of ether oxygens (including phenoxy) is 1. The van der Waals surface area contributed by atoms with E-state index < -0.39 is 11.2 Å². The summed E-state index contributed by atoms with van der Waals surface area (Å²) in [5.74, 6) is 0. The molecule has 2 aromatic rings. The molecule has 1 N–H and O–H groups in total. The monoisotopic (exact) mass is 412 g/mol. The van der Waals surface area contributed by atoms with Crippen LogP contribution in [-0.4, -0.2) is 38.4 Å². The van der Waals surface area contributed by atoms with Crippen LogP contribution in [0, 0.1) is 0 Å². The second-order valence-corrected chi connectivity index (χ2v) is 9.09. The maximum absolute atomic E-state index is 12.7. The number of hydrogen-bond donors (Lipinski definition) is 1.